The van der Waals surface area contributed by atoms with Gasteiger partial charge in [0.05, 0.1) is 33.9 Å². The molecule has 174 valence electrons. The molecule has 0 bridgehead atoms. The highest BCUT2D eigenvalue weighted by Crippen LogP contribution is 2.31. The summed E-state index contributed by atoms with van der Waals surface area (Å²) in [5.74, 6) is -0.319. The molecule has 2 heterocycles. The molecule has 0 aromatic heterocycles. The van der Waals surface area contributed by atoms with Crippen LogP contribution in [0.25, 0.3) is 0 Å². The largest absolute Gasteiger partial charge is 0.494 e. The number of nitrogens with zero attached hydrogens (tertiary/aromatic N) is 2. The third kappa shape index (κ3) is 4.62. The molecule has 2 fully saturated rings. The maximum Gasteiger partial charge on any atom is 0.183 e. The number of hydrogen-bond acceptors (Lipinski definition) is 7. The summed E-state index contributed by atoms with van der Waals surface area (Å²) in [5, 5.41) is -1.04. The van der Waals surface area contributed by atoms with Crippen molar-refractivity contribution < 1.29 is 26.0 Å². The molecule has 0 aliphatic carbocycles. The van der Waals surface area contributed by atoms with Crippen LogP contribution in [0.2, 0.25) is 0 Å². The van der Waals surface area contributed by atoms with Crippen molar-refractivity contribution >= 4 is 25.4 Å². The Kier molecular flexibility index (Phi) is 6.46. The van der Waals surface area contributed by atoms with Crippen molar-refractivity contribution in [2.75, 3.05) is 49.2 Å². The minimum atomic E-state index is -3.86. The molecule has 0 amide bonds. The van der Waals surface area contributed by atoms with Crippen molar-refractivity contribution in [1.29, 1.82) is 0 Å². The zero-order chi connectivity index (χ0) is 22.9. The van der Waals surface area contributed by atoms with E-state index in [-0.39, 0.29) is 22.2 Å². The van der Waals surface area contributed by atoms with Crippen molar-refractivity contribution in [3.05, 3.63) is 54.3 Å². The van der Waals surface area contributed by atoms with Gasteiger partial charge in [0, 0.05) is 32.2 Å². The topological polar surface area (TPSA) is 84.0 Å². The molecule has 2 aromatic carbocycles. The highest BCUT2D eigenvalue weighted by molar-refractivity contribution is 7.96. The van der Waals surface area contributed by atoms with Gasteiger partial charge in [-0.3, -0.25) is 4.90 Å². The Balaban J connectivity index is 1.53. The highest BCUT2D eigenvalue weighted by Gasteiger charge is 2.48. The summed E-state index contributed by atoms with van der Waals surface area (Å²) in [4.78, 5) is 3.93. The van der Waals surface area contributed by atoms with Gasteiger partial charge in [0.1, 0.15) is 11.6 Å². The van der Waals surface area contributed by atoms with Gasteiger partial charge in [-0.2, -0.15) is 0 Å². The van der Waals surface area contributed by atoms with Gasteiger partial charge < -0.3 is 9.64 Å². The maximum atomic E-state index is 14.1. The lowest BCUT2D eigenvalue weighted by molar-refractivity contribution is 0.201. The van der Waals surface area contributed by atoms with E-state index in [1.807, 2.05) is 16.7 Å². The summed E-state index contributed by atoms with van der Waals surface area (Å²) in [6.07, 6.45) is 0. The van der Waals surface area contributed by atoms with Gasteiger partial charge in [0.25, 0.3) is 0 Å². The fraction of sp³-hybridized carbons (Fsp3) is 0.455. The normalized spacial score (nSPS) is 23.9. The number of benzene rings is 2. The Labute approximate surface area is 188 Å². The maximum absolute atomic E-state index is 14.1. The van der Waals surface area contributed by atoms with Crippen molar-refractivity contribution in [2.24, 2.45) is 0 Å². The second-order valence-corrected chi connectivity index (χ2v) is 12.4. The molecule has 0 unspecified atom stereocenters. The first-order chi connectivity index (χ1) is 15.2. The lowest BCUT2D eigenvalue weighted by Gasteiger charge is -2.40. The molecular formula is C22H27FN2O5S2. The van der Waals surface area contributed by atoms with E-state index in [0.717, 1.165) is 0 Å². The van der Waals surface area contributed by atoms with E-state index < -0.39 is 31.0 Å². The SMILES string of the molecule is CCOc1ccc(S(=O)(=O)[C@H]2CS(=O)(=O)C[C@@H]2N2CCN(c3ccccc3F)CC2)cc1. The fourth-order valence-electron chi connectivity index (χ4n) is 4.50. The number of ether oxygens (including phenoxy) is 1. The van der Waals surface area contributed by atoms with Gasteiger partial charge in [-0.15, -0.1) is 0 Å². The lowest BCUT2D eigenvalue weighted by atomic mass is 10.1. The molecule has 2 aromatic rings. The van der Waals surface area contributed by atoms with Gasteiger partial charge in [-0.1, -0.05) is 12.1 Å². The fourth-order valence-corrected chi connectivity index (χ4v) is 9.33. The van der Waals surface area contributed by atoms with Crippen molar-refractivity contribution in [3.8, 4) is 5.75 Å². The second kappa shape index (κ2) is 8.99. The molecule has 2 aliphatic rings. The van der Waals surface area contributed by atoms with E-state index in [4.69, 9.17) is 4.74 Å². The van der Waals surface area contributed by atoms with Crippen molar-refractivity contribution in [3.63, 3.8) is 0 Å². The number of rotatable bonds is 6. The summed E-state index contributed by atoms with van der Waals surface area (Å²) >= 11 is 0. The molecule has 0 radical (unpaired) electrons. The molecule has 0 spiro atoms. The van der Waals surface area contributed by atoms with E-state index in [2.05, 4.69) is 0 Å². The Bertz CT molecular complexity index is 1160. The van der Waals surface area contributed by atoms with Crippen LogP contribution >= 0.6 is 0 Å². The first-order valence-electron chi connectivity index (χ1n) is 10.6. The van der Waals surface area contributed by atoms with Crippen LogP contribution in [0.5, 0.6) is 5.75 Å². The molecule has 4 rings (SSSR count). The first-order valence-corrected chi connectivity index (χ1v) is 14.0. The summed E-state index contributed by atoms with van der Waals surface area (Å²) < 4.78 is 71.2. The Morgan fingerprint density at radius 3 is 2.28 bits per heavy atom. The van der Waals surface area contributed by atoms with E-state index in [1.54, 1.807) is 30.3 Å². The zero-order valence-corrected chi connectivity index (χ0v) is 19.5. The second-order valence-electron chi connectivity index (χ2n) is 8.11. The number of para-hydroxylation sites is 1. The Morgan fingerprint density at radius 2 is 1.66 bits per heavy atom. The smallest absolute Gasteiger partial charge is 0.183 e. The first kappa shape index (κ1) is 23.0. The van der Waals surface area contributed by atoms with Crippen molar-refractivity contribution in [1.82, 2.24) is 4.90 Å². The van der Waals surface area contributed by atoms with Gasteiger partial charge in [0.15, 0.2) is 19.7 Å². The third-order valence-electron chi connectivity index (χ3n) is 6.11. The van der Waals surface area contributed by atoms with Gasteiger partial charge in [-0.05, 0) is 43.3 Å². The van der Waals surface area contributed by atoms with E-state index in [9.17, 15) is 21.2 Å². The minimum absolute atomic E-state index is 0.0954. The number of sulfone groups is 2. The highest BCUT2D eigenvalue weighted by atomic mass is 32.2. The van der Waals surface area contributed by atoms with Crippen LogP contribution < -0.4 is 9.64 Å². The molecule has 32 heavy (non-hydrogen) atoms. The van der Waals surface area contributed by atoms with E-state index in [1.165, 1.54) is 18.2 Å². The minimum Gasteiger partial charge on any atom is -0.494 e. The standard InChI is InChI=1S/C22H27FN2O5S2/c1-2-30-17-7-9-18(10-8-17)32(28,29)22-16-31(26,27)15-21(22)25-13-11-24(12-14-25)20-6-4-3-5-19(20)23/h3-10,21-22H,2,11-16H2,1H3/t21-,22-/m0/s1. The van der Waals surface area contributed by atoms with Gasteiger partial charge in [-0.25, -0.2) is 21.2 Å². The Hall–Kier alpha value is -2.17. The number of halogens is 1. The van der Waals surface area contributed by atoms with Crippen LogP contribution in [0.4, 0.5) is 10.1 Å². The monoisotopic (exact) mass is 482 g/mol. The molecule has 10 heteroatoms. The molecular weight excluding hydrogens is 455 g/mol. The van der Waals surface area contributed by atoms with Crippen LogP contribution in [0, 0.1) is 5.82 Å². The predicted molar refractivity (Wildman–Crippen MR) is 121 cm³/mol. The van der Waals surface area contributed by atoms with Gasteiger partial charge in [0.2, 0.25) is 0 Å². The van der Waals surface area contributed by atoms with Crippen LogP contribution in [0.3, 0.4) is 0 Å². The molecule has 7 nitrogen and oxygen atoms in total. The van der Waals surface area contributed by atoms with Crippen molar-refractivity contribution in [2.45, 2.75) is 23.1 Å². The van der Waals surface area contributed by atoms with Crippen LogP contribution in [0.15, 0.2) is 53.4 Å². The molecule has 0 saturated carbocycles. The number of hydrogen-bond donors (Lipinski definition) is 0. The average molecular weight is 483 g/mol. The number of anilines is 1. The van der Waals surface area contributed by atoms with Crippen LogP contribution in [0.1, 0.15) is 6.92 Å². The molecule has 2 atom stereocenters. The van der Waals surface area contributed by atoms with Crippen LogP contribution in [-0.4, -0.2) is 77.3 Å². The molecule has 2 saturated heterocycles. The molecule has 2 aliphatic heterocycles. The van der Waals surface area contributed by atoms with Crippen LogP contribution in [-0.2, 0) is 19.7 Å². The predicted octanol–water partition coefficient (Wildman–Crippen LogP) is 1.99. The lowest BCUT2D eigenvalue weighted by Crippen LogP contribution is -2.55. The average Bonchev–Trinajstić information content (AvgIpc) is 3.11. The zero-order valence-electron chi connectivity index (χ0n) is 17.9. The summed E-state index contributed by atoms with van der Waals surface area (Å²) in [6, 6.07) is 12.0. The van der Waals surface area contributed by atoms with Gasteiger partial charge >= 0.3 is 0 Å². The van der Waals surface area contributed by atoms with E-state index >= 15 is 0 Å². The Morgan fingerprint density at radius 1 is 1.00 bits per heavy atom. The third-order valence-corrected chi connectivity index (χ3v) is 10.2. The van der Waals surface area contributed by atoms with E-state index in [0.29, 0.717) is 44.2 Å². The quantitative estimate of drug-likeness (QED) is 0.623. The number of piperazine rings is 1. The summed E-state index contributed by atoms with van der Waals surface area (Å²) in [6.45, 7) is 4.21. The summed E-state index contributed by atoms with van der Waals surface area (Å²) in [5.41, 5.74) is 0.504. The molecule has 0 N–H and O–H groups in total. The summed E-state index contributed by atoms with van der Waals surface area (Å²) in [7, 11) is -7.36.